The molecule has 1 unspecified atom stereocenters. The van der Waals surface area contributed by atoms with E-state index in [1.54, 1.807) is 7.05 Å². The van der Waals surface area contributed by atoms with Crippen molar-refractivity contribution in [3.05, 3.63) is 59.8 Å². The number of aliphatic hydroxyl groups excluding tert-OH is 1. The lowest BCUT2D eigenvalue weighted by Crippen LogP contribution is -2.46. The van der Waals surface area contributed by atoms with E-state index < -0.39 is 0 Å². The first-order valence-corrected chi connectivity index (χ1v) is 10.8. The average Bonchev–Trinajstić information content (AvgIpc) is 2.82. The summed E-state index contributed by atoms with van der Waals surface area (Å²) in [4.78, 5) is 13.7. The number of benzene rings is 1. The quantitative estimate of drug-likeness (QED) is 0.454. The lowest BCUT2D eigenvalue weighted by Gasteiger charge is -2.34. The Balaban J connectivity index is 1.51. The van der Waals surface area contributed by atoms with Crippen LogP contribution in [0.5, 0.6) is 0 Å². The minimum Gasteiger partial charge on any atom is -0.396 e. The topological polar surface area (TPSA) is 76.0 Å². The van der Waals surface area contributed by atoms with Crippen LogP contribution in [0.3, 0.4) is 0 Å². The molecule has 0 bridgehead atoms. The zero-order chi connectivity index (χ0) is 21.2. The second-order valence-corrected chi connectivity index (χ2v) is 7.54. The minimum atomic E-state index is 0.0269. The van der Waals surface area contributed by atoms with Gasteiger partial charge < -0.3 is 25.5 Å². The summed E-state index contributed by atoms with van der Waals surface area (Å²) in [7, 11) is 1.76. The molecule has 0 radical (unpaired) electrons. The Morgan fingerprint density at radius 3 is 2.57 bits per heavy atom. The zero-order valence-electron chi connectivity index (χ0n) is 18.1. The Hall–Kier alpha value is -2.64. The molecule has 7 nitrogen and oxygen atoms in total. The number of likely N-dealkylation sites (N-methyl/N-ethyl adjacent to an activating group) is 1. The van der Waals surface area contributed by atoms with E-state index in [0.717, 1.165) is 50.1 Å². The van der Waals surface area contributed by atoms with Gasteiger partial charge in [0.1, 0.15) is 5.82 Å². The fourth-order valence-electron chi connectivity index (χ4n) is 3.68. The fourth-order valence-corrected chi connectivity index (χ4v) is 3.68. The fraction of sp³-hybridized carbons (Fsp3) is 0.478. The normalized spacial score (nSPS) is 16.4. The maximum Gasteiger partial charge on any atom is 0.191 e. The number of pyridine rings is 1. The van der Waals surface area contributed by atoms with Crippen LogP contribution in [0.4, 0.5) is 5.82 Å². The van der Waals surface area contributed by atoms with Crippen molar-refractivity contribution in [2.24, 2.45) is 4.99 Å². The summed E-state index contributed by atoms with van der Waals surface area (Å²) in [5.41, 5.74) is 2.28. The molecule has 162 valence electrons. The summed E-state index contributed by atoms with van der Waals surface area (Å²) < 4.78 is 0. The molecule has 3 N–H and O–H groups in total. The molecular formula is C23H34N6O. The van der Waals surface area contributed by atoms with Gasteiger partial charge in [0.15, 0.2) is 5.96 Å². The van der Waals surface area contributed by atoms with E-state index in [-0.39, 0.29) is 12.5 Å². The van der Waals surface area contributed by atoms with Crippen LogP contribution in [0.2, 0.25) is 0 Å². The molecule has 0 amide bonds. The number of aliphatic imine (C=N–C) groups is 1. The van der Waals surface area contributed by atoms with Crippen LogP contribution in [-0.4, -0.2) is 73.9 Å². The van der Waals surface area contributed by atoms with Crippen molar-refractivity contribution in [2.75, 3.05) is 57.8 Å². The van der Waals surface area contributed by atoms with E-state index in [0.29, 0.717) is 13.1 Å². The second kappa shape index (κ2) is 11.5. The van der Waals surface area contributed by atoms with Gasteiger partial charge in [-0.25, -0.2) is 4.98 Å². The third-order valence-electron chi connectivity index (χ3n) is 5.64. The Kier molecular flexibility index (Phi) is 8.47. The number of rotatable bonds is 8. The van der Waals surface area contributed by atoms with Crippen LogP contribution in [-0.2, 0) is 6.54 Å². The first-order valence-electron chi connectivity index (χ1n) is 10.8. The highest BCUT2D eigenvalue weighted by atomic mass is 16.3. The van der Waals surface area contributed by atoms with Crippen LogP contribution in [0.25, 0.3) is 0 Å². The number of hydrogen-bond acceptors (Lipinski definition) is 5. The van der Waals surface area contributed by atoms with Crippen molar-refractivity contribution in [2.45, 2.75) is 19.4 Å². The Labute approximate surface area is 179 Å². The van der Waals surface area contributed by atoms with Crippen LogP contribution < -0.4 is 15.5 Å². The molecule has 0 spiro atoms. The summed E-state index contributed by atoms with van der Waals surface area (Å²) in [6, 6.07) is 14.2. The second-order valence-electron chi connectivity index (χ2n) is 7.54. The SMILES string of the molecule is CCN1CCN(c2cc(CNC(=NC)NCC(CO)c3ccccc3)ccn2)CC1. The van der Waals surface area contributed by atoms with E-state index in [9.17, 15) is 5.11 Å². The van der Waals surface area contributed by atoms with Gasteiger partial charge in [0.2, 0.25) is 0 Å². The van der Waals surface area contributed by atoms with Gasteiger partial charge in [-0.3, -0.25) is 4.99 Å². The van der Waals surface area contributed by atoms with Crippen LogP contribution in [0.15, 0.2) is 53.7 Å². The zero-order valence-corrected chi connectivity index (χ0v) is 18.1. The maximum atomic E-state index is 9.74. The molecule has 1 fully saturated rings. The Morgan fingerprint density at radius 2 is 1.90 bits per heavy atom. The number of piperazine rings is 1. The number of guanidine groups is 1. The molecule has 2 heterocycles. The third kappa shape index (κ3) is 6.18. The first kappa shape index (κ1) is 22.1. The van der Waals surface area contributed by atoms with Crippen molar-refractivity contribution in [3.63, 3.8) is 0 Å². The Bertz CT molecular complexity index is 789. The number of aromatic nitrogens is 1. The van der Waals surface area contributed by atoms with Gasteiger partial charge in [0, 0.05) is 58.4 Å². The van der Waals surface area contributed by atoms with Gasteiger partial charge >= 0.3 is 0 Å². The van der Waals surface area contributed by atoms with Gasteiger partial charge in [-0.15, -0.1) is 0 Å². The van der Waals surface area contributed by atoms with E-state index in [4.69, 9.17) is 0 Å². The maximum absolute atomic E-state index is 9.74. The molecule has 0 aliphatic carbocycles. The van der Waals surface area contributed by atoms with Gasteiger partial charge in [0.05, 0.1) is 6.61 Å². The third-order valence-corrected chi connectivity index (χ3v) is 5.64. The largest absolute Gasteiger partial charge is 0.396 e. The molecule has 30 heavy (non-hydrogen) atoms. The molecule has 1 aliphatic heterocycles. The molecular weight excluding hydrogens is 376 g/mol. The van der Waals surface area contributed by atoms with Crippen molar-refractivity contribution in [1.82, 2.24) is 20.5 Å². The smallest absolute Gasteiger partial charge is 0.191 e. The lowest BCUT2D eigenvalue weighted by molar-refractivity contribution is 0.265. The van der Waals surface area contributed by atoms with Crippen LogP contribution in [0, 0.1) is 0 Å². The highest BCUT2D eigenvalue weighted by molar-refractivity contribution is 5.79. The van der Waals surface area contributed by atoms with Crippen molar-refractivity contribution < 1.29 is 5.11 Å². The number of nitrogens with zero attached hydrogens (tertiary/aromatic N) is 4. The molecule has 0 saturated carbocycles. The predicted molar refractivity (Wildman–Crippen MR) is 123 cm³/mol. The summed E-state index contributed by atoms with van der Waals surface area (Å²) in [6.07, 6.45) is 1.88. The molecule has 7 heteroatoms. The van der Waals surface area contributed by atoms with Crippen molar-refractivity contribution >= 4 is 11.8 Å². The summed E-state index contributed by atoms with van der Waals surface area (Å²) in [5.74, 6) is 1.79. The van der Waals surface area contributed by atoms with Crippen molar-refractivity contribution in [1.29, 1.82) is 0 Å². The van der Waals surface area contributed by atoms with E-state index in [1.807, 2.05) is 42.6 Å². The Morgan fingerprint density at radius 1 is 1.13 bits per heavy atom. The standard InChI is InChI=1S/C23H34N6O/c1-3-28-11-13-29(14-12-28)22-15-19(9-10-25-22)16-26-23(24-2)27-17-21(18-30)20-7-5-4-6-8-20/h4-10,15,21,30H,3,11-14,16-18H2,1-2H3,(H2,24,26,27). The predicted octanol–water partition coefficient (Wildman–Crippen LogP) is 1.66. The highest BCUT2D eigenvalue weighted by Crippen LogP contribution is 2.15. The molecule has 1 aliphatic rings. The summed E-state index contributed by atoms with van der Waals surface area (Å²) in [5, 5.41) is 16.4. The van der Waals surface area contributed by atoms with Crippen LogP contribution >= 0.6 is 0 Å². The van der Waals surface area contributed by atoms with Gasteiger partial charge in [-0.1, -0.05) is 37.3 Å². The molecule has 1 aromatic carbocycles. The number of aliphatic hydroxyl groups is 1. The monoisotopic (exact) mass is 410 g/mol. The van der Waals surface area contributed by atoms with Crippen LogP contribution in [0.1, 0.15) is 24.0 Å². The van der Waals surface area contributed by atoms with Gasteiger partial charge in [-0.2, -0.15) is 0 Å². The molecule has 1 saturated heterocycles. The van der Waals surface area contributed by atoms with Gasteiger partial charge in [-0.05, 0) is 29.8 Å². The van der Waals surface area contributed by atoms with E-state index >= 15 is 0 Å². The number of anilines is 1. The molecule has 2 aromatic rings. The lowest BCUT2D eigenvalue weighted by atomic mass is 10.0. The van der Waals surface area contributed by atoms with Crippen molar-refractivity contribution in [3.8, 4) is 0 Å². The molecule has 1 atom stereocenters. The highest BCUT2D eigenvalue weighted by Gasteiger charge is 2.17. The van der Waals surface area contributed by atoms with E-state index in [1.165, 1.54) is 5.56 Å². The first-order chi connectivity index (χ1) is 14.7. The average molecular weight is 411 g/mol. The summed E-state index contributed by atoms with van der Waals surface area (Å²) >= 11 is 0. The van der Waals surface area contributed by atoms with E-state index in [2.05, 4.69) is 43.4 Å². The molecule has 3 rings (SSSR count). The number of hydrogen-bond donors (Lipinski definition) is 3. The number of nitrogens with one attached hydrogen (secondary N) is 2. The summed E-state index contributed by atoms with van der Waals surface area (Å²) in [6.45, 7) is 8.90. The minimum absolute atomic E-state index is 0.0269. The van der Waals surface area contributed by atoms with Gasteiger partial charge in [0.25, 0.3) is 0 Å². The molecule has 1 aromatic heterocycles.